The lowest BCUT2D eigenvalue weighted by molar-refractivity contribution is 0.303. The summed E-state index contributed by atoms with van der Waals surface area (Å²) in [6.07, 6.45) is 4.34. The smallest absolute Gasteiger partial charge is 0.126 e. The Morgan fingerprint density at radius 1 is 1.24 bits per heavy atom. The molecular weight excluding hydrogens is 286 g/mol. The van der Waals surface area contributed by atoms with Crippen LogP contribution in [0, 0.1) is 28.9 Å². The maximum absolute atomic E-state index is 13.7. The predicted octanol–water partition coefficient (Wildman–Crippen LogP) is 4.32. The summed E-state index contributed by atoms with van der Waals surface area (Å²) in [5, 5.41) is 0.892. The average Bonchev–Trinajstić information content (AvgIpc) is 2.92. The van der Waals surface area contributed by atoms with Crippen LogP contribution in [0.1, 0.15) is 24.8 Å². The van der Waals surface area contributed by atoms with Gasteiger partial charge in [0.25, 0.3) is 0 Å². The highest BCUT2D eigenvalue weighted by Crippen LogP contribution is 2.61. The van der Waals surface area contributed by atoms with Crippen LogP contribution >= 0.6 is 15.9 Å². The van der Waals surface area contributed by atoms with Crippen molar-refractivity contribution in [2.45, 2.75) is 25.7 Å². The molecule has 2 unspecified atom stereocenters. The van der Waals surface area contributed by atoms with Crippen molar-refractivity contribution < 1.29 is 8.78 Å². The summed E-state index contributed by atoms with van der Waals surface area (Å²) in [6, 6.07) is 3.78. The van der Waals surface area contributed by atoms with E-state index in [2.05, 4.69) is 15.9 Å². The fourth-order valence-corrected chi connectivity index (χ4v) is 4.05. The monoisotopic (exact) mass is 300 g/mol. The van der Waals surface area contributed by atoms with Crippen LogP contribution in [-0.4, -0.2) is 5.33 Å². The SMILES string of the molecule is Fc1ccc(F)c(CC2(CBr)CC3CC3C2)c1. The van der Waals surface area contributed by atoms with E-state index in [1.54, 1.807) is 0 Å². The van der Waals surface area contributed by atoms with Crippen molar-refractivity contribution in [3.8, 4) is 0 Å². The quantitative estimate of drug-likeness (QED) is 0.729. The third-order valence-corrected chi connectivity index (χ3v) is 5.51. The highest BCUT2D eigenvalue weighted by molar-refractivity contribution is 9.09. The zero-order valence-corrected chi connectivity index (χ0v) is 11.1. The lowest BCUT2D eigenvalue weighted by Gasteiger charge is -2.29. The van der Waals surface area contributed by atoms with Crippen LogP contribution in [0.15, 0.2) is 18.2 Å². The minimum atomic E-state index is -0.339. The first kappa shape index (κ1) is 11.6. The molecule has 3 rings (SSSR count). The van der Waals surface area contributed by atoms with Crippen molar-refractivity contribution >= 4 is 15.9 Å². The third-order valence-electron chi connectivity index (χ3n) is 4.32. The maximum Gasteiger partial charge on any atom is 0.126 e. The van der Waals surface area contributed by atoms with Crippen LogP contribution < -0.4 is 0 Å². The molecule has 1 aromatic rings. The van der Waals surface area contributed by atoms with E-state index in [4.69, 9.17) is 0 Å². The van der Waals surface area contributed by atoms with E-state index in [1.165, 1.54) is 37.5 Å². The van der Waals surface area contributed by atoms with Crippen LogP contribution in [0.5, 0.6) is 0 Å². The van der Waals surface area contributed by atoms with Gasteiger partial charge >= 0.3 is 0 Å². The molecule has 0 N–H and O–H groups in total. The second kappa shape index (κ2) is 4.04. The normalized spacial score (nSPS) is 34.8. The second-order valence-corrected chi connectivity index (χ2v) is 6.27. The first-order chi connectivity index (χ1) is 8.12. The van der Waals surface area contributed by atoms with Crippen LogP contribution in [-0.2, 0) is 6.42 Å². The highest BCUT2D eigenvalue weighted by Gasteiger charge is 2.53. The second-order valence-electron chi connectivity index (χ2n) is 5.71. The zero-order valence-electron chi connectivity index (χ0n) is 9.56. The Hall–Kier alpha value is -0.440. The molecule has 0 radical (unpaired) electrons. The number of hydrogen-bond donors (Lipinski definition) is 0. The zero-order chi connectivity index (χ0) is 12.0. The number of hydrogen-bond acceptors (Lipinski definition) is 0. The summed E-state index contributed by atoms with van der Waals surface area (Å²) in [4.78, 5) is 0. The van der Waals surface area contributed by atoms with Gasteiger partial charge in [0.1, 0.15) is 11.6 Å². The van der Waals surface area contributed by atoms with Crippen LogP contribution in [0.4, 0.5) is 8.78 Å². The molecule has 2 saturated carbocycles. The van der Waals surface area contributed by atoms with Crippen molar-refractivity contribution in [3.05, 3.63) is 35.4 Å². The molecule has 1 aromatic carbocycles. The Kier molecular flexibility index (Phi) is 2.77. The molecule has 0 aliphatic heterocycles. The molecule has 0 bridgehead atoms. The molecule has 92 valence electrons. The van der Waals surface area contributed by atoms with Crippen molar-refractivity contribution in [2.75, 3.05) is 5.33 Å². The van der Waals surface area contributed by atoms with E-state index < -0.39 is 0 Å². The van der Waals surface area contributed by atoms with E-state index in [1.807, 2.05) is 0 Å². The third kappa shape index (κ3) is 2.14. The van der Waals surface area contributed by atoms with E-state index >= 15 is 0 Å². The molecule has 0 aromatic heterocycles. The van der Waals surface area contributed by atoms with Gasteiger partial charge in [0.2, 0.25) is 0 Å². The van der Waals surface area contributed by atoms with Crippen molar-refractivity contribution in [2.24, 2.45) is 17.3 Å². The van der Waals surface area contributed by atoms with Gasteiger partial charge in [-0.25, -0.2) is 8.78 Å². The molecule has 0 spiro atoms. The molecule has 0 amide bonds. The maximum atomic E-state index is 13.7. The highest BCUT2D eigenvalue weighted by atomic mass is 79.9. The van der Waals surface area contributed by atoms with E-state index in [0.29, 0.717) is 12.0 Å². The Morgan fingerprint density at radius 2 is 1.94 bits per heavy atom. The number of rotatable bonds is 3. The summed E-state index contributed by atoms with van der Waals surface area (Å²) >= 11 is 3.57. The van der Waals surface area contributed by atoms with E-state index in [9.17, 15) is 8.78 Å². The largest absolute Gasteiger partial charge is 0.207 e. The van der Waals surface area contributed by atoms with Crippen LogP contribution in [0.2, 0.25) is 0 Å². The summed E-state index contributed by atoms with van der Waals surface area (Å²) in [5.74, 6) is 1.09. The predicted molar refractivity (Wildman–Crippen MR) is 67.1 cm³/mol. The van der Waals surface area contributed by atoms with Gasteiger partial charge in [-0.3, -0.25) is 0 Å². The molecular formula is C14H15BrF2. The van der Waals surface area contributed by atoms with Crippen LogP contribution in [0.3, 0.4) is 0 Å². The minimum absolute atomic E-state index is 0.155. The molecule has 2 atom stereocenters. The summed E-state index contributed by atoms with van der Waals surface area (Å²) < 4.78 is 26.8. The molecule has 0 saturated heterocycles. The van der Waals surface area contributed by atoms with Gasteiger partial charge in [0, 0.05) is 5.33 Å². The number of halogens is 3. The average molecular weight is 301 g/mol. The Labute approximate surface area is 109 Å². The lowest BCUT2D eigenvalue weighted by atomic mass is 9.79. The molecule has 0 heterocycles. The van der Waals surface area contributed by atoms with Crippen molar-refractivity contribution in [3.63, 3.8) is 0 Å². The molecule has 0 nitrogen and oxygen atoms in total. The fraction of sp³-hybridized carbons (Fsp3) is 0.571. The van der Waals surface area contributed by atoms with Gasteiger partial charge in [-0.1, -0.05) is 15.9 Å². The van der Waals surface area contributed by atoms with Gasteiger partial charge in [-0.15, -0.1) is 0 Å². The van der Waals surface area contributed by atoms with Crippen molar-refractivity contribution in [1.82, 2.24) is 0 Å². The summed E-state index contributed by atoms with van der Waals surface area (Å²) in [5.41, 5.74) is 0.688. The number of benzene rings is 1. The molecule has 3 heteroatoms. The molecule has 2 aliphatic carbocycles. The number of alkyl halides is 1. The number of fused-ring (bicyclic) bond motifs is 1. The molecule has 17 heavy (non-hydrogen) atoms. The van der Waals surface area contributed by atoms with Gasteiger partial charge < -0.3 is 0 Å². The first-order valence-corrected chi connectivity index (χ1v) is 7.24. The molecule has 2 aliphatic rings. The van der Waals surface area contributed by atoms with Gasteiger partial charge in [0.05, 0.1) is 0 Å². The lowest BCUT2D eigenvalue weighted by Crippen LogP contribution is -2.24. The van der Waals surface area contributed by atoms with E-state index in [-0.39, 0.29) is 17.0 Å². The Balaban J connectivity index is 1.83. The van der Waals surface area contributed by atoms with Gasteiger partial charge in [0.15, 0.2) is 0 Å². The Bertz CT molecular complexity index is 434. The molecule has 2 fully saturated rings. The van der Waals surface area contributed by atoms with E-state index in [0.717, 1.165) is 17.2 Å². The van der Waals surface area contributed by atoms with Crippen molar-refractivity contribution in [1.29, 1.82) is 0 Å². The van der Waals surface area contributed by atoms with Gasteiger partial charge in [-0.2, -0.15) is 0 Å². The standard InChI is InChI=1S/C14H15BrF2/c15-8-14(5-9-3-10(9)6-14)7-11-4-12(16)1-2-13(11)17/h1-2,4,9-10H,3,5-8H2. The summed E-state index contributed by atoms with van der Waals surface area (Å²) in [6.45, 7) is 0. The first-order valence-electron chi connectivity index (χ1n) is 6.12. The Morgan fingerprint density at radius 3 is 2.59 bits per heavy atom. The summed E-state index contributed by atoms with van der Waals surface area (Å²) in [7, 11) is 0. The topological polar surface area (TPSA) is 0 Å². The fourth-order valence-electron chi connectivity index (χ4n) is 3.39. The van der Waals surface area contributed by atoms with Crippen LogP contribution in [0.25, 0.3) is 0 Å². The minimum Gasteiger partial charge on any atom is -0.207 e. The van der Waals surface area contributed by atoms with Gasteiger partial charge in [-0.05, 0) is 66.7 Å².